The van der Waals surface area contributed by atoms with E-state index in [1.54, 1.807) is 0 Å². The van der Waals surface area contributed by atoms with Crippen molar-refractivity contribution in [2.24, 2.45) is 5.92 Å². The van der Waals surface area contributed by atoms with Gasteiger partial charge in [0.05, 0.1) is 0 Å². The molecule has 1 saturated carbocycles. The van der Waals surface area contributed by atoms with Crippen molar-refractivity contribution in [3.8, 4) is 11.1 Å². The predicted molar refractivity (Wildman–Crippen MR) is 128 cm³/mol. The van der Waals surface area contributed by atoms with Crippen LogP contribution in [0.25, 0.3) is 11.1 Å². The lowest BCUT2D eigenvalue weighted by atomic mass is 9.93. The van der Waals surface area contributed by atoms with Crippen LogP contribution in [-0.4, -0.2) is 34.5 Å². The largest absolute Gasteiger partial charge is 0.481 e. The molecule has 0 radical (unpaired) electrons. The minimum absolute atomic E-state index is 0.0497. The van der Waals surface area contributed by atoms with Crippen LogP contribution in [0.1, 0.15) is 56.1 Å². The lowest BCUT2D eigenvalue weighted by molar-refractivity contribution is -0.137. The summed E-state index contributed by atoms with van der Waals surface area (Å²) in [5.74, 6) is -0.595. The van der Waals surface area contributed by atoms with Crippen LogP contribution in [-0.2, 0) is 22.4 Å². The summed E-state index contributed by atoms with van der Waals surface area (Å²) >= 11 is 13.3. The average molecular weight is 474 g/mol. The van der Waals surface area contributed by atoms with Crippen molar-refractivity contribution in [2.45, 2.75) is 63.8 Å². The monoisotopic (exact) mass is 473 g/mol. The zero-order valence-electron chi connectivity index (χ0n) is 18.2. The van der Waals surface area contributed by atoms with Gasteiger partial charge in [0, 0.05) is 35.0 Å². The molecule has 1 amide bonds. The van der Waals surface area contributed by atoms with Gasteiger partial charge in [-0.25, -0.2) is 0 Å². The highest BCUT2D eigenvalue weighted by Gasteiger charge is 2.36. The van der Waals surface area contributed by atoms with Crippen LogP contribution in [0.5, 0.6) is 0 Å². The summed E-state index contributed by atoms with van der Waals surface area (Å²) < 4.78 is 0. The fourth-order valence-electron chi connectivity index (χ4n) is 5.03. The second kappa shape index (κ2) is 10.3. The molecule has 0 bridgehead atoms. The number of carboxylic acid groups (broad SMARTS) is 1. The van der Waals surface area contributed by atoms with E-state index in [1.807, 2.05) is 36.4 Å². The van der Waals surface area contributed by atoms with Gasteiger partial charge in [-0.1, -0.05) is 66.7 Å². The number of carboxylic acids is 1. The Labute approximate surface area is 199 Å². The van der Waals surface area contributed by atoms with Gasteiger partial charge in [0.25, 0.3) is 0 Å². The molecular weight excluding hydrogens is 445 g/mol. The Bertz CT molecular complexity index is 960. The molecule has 170 valence electrons. The molecule has 2 aromatic carbocycles. The molecule has 1 aliphatic heterocycles. The minimum Gasteiger partial charge on any atom is -0.481 e. The van der Waals surface area contributed by atoms with Crippen molar-refractivity contribution in [2.75, 3.05) is 6.54 Å². The van der Waals surface area contributed by atoms with Gasteiger partial charge in [-0.2, -0.15) is 0 Å². The molecule has 4 rings (SSSR count). The van der Waals surface area contributed by atoms with Crippen LogP contribution < -0.4 is 0 Å². The quantitative estimate of drug-likeness (QED) is 0.505. The van der Waals surface area contributed by atoms with Gasteiger partial charge in [0.1, 0.15) is 0 Å². The zero-order chi connectivity index (χ0) is 22.7. The number of hydrogen-bond donors (Lipinski definition) is 1. The summed E-state index contributed by atoms with van der Waals surface area (Å²) in [4.78, 5) is 25.9. The summed E-state index contributed by atoms with van der Waals surface area (Å²) in [6.07, 6.45) is 8.04. The summed E-state index contributed by atoms with van der Waals surface area (Å²) in [7, 11) is 0. The Hall–Kier alpha value is -2.04. The third-order valence-electron chi connectivity index (χ3n) is 6.87. The maximum Gasteiger partial charge on any atom is 0.303 e. The highest BCUT2D eigenvalue weighted by atomic mass is 35.5. The maximum atomic E-state index is 13.1. The van der Waals surface area contributed by atoms with Crippen molar-refractivity contribution in [1.29, 1.82) is 0 Å². The summed E-state index contributed by atoms with van der Waals surface area (Å²) in [6.45, 7) is 0.843. The van der Waals surface area contributed by atoms with Crippen molar-refractivity contribution in [3.05, 3.63) is 57.6 Å². The first-order valence-electron chi connectivity index (χ1n) is 11.5. The van der Waals surface area contributed by atoms with Gasteiger partial charge in [-0.05, 0) is 66.5 Å². The van der Waals surface area contributed by atoms with Crippen LogP contribution in [0.15, 0.2) is 36.4 Å². The van der Waals surface area contributed by atoms with Crippen LogP contribution in [0.2, 0.25) is 10.0 Å². The molecule has 1 heterocycles. The number of nitrogens with zero attached hydrogens (tertiary/aromatic N) is 1. The first-order valence-corrected chi connectivity index (χ1v) is 12.3. The molecular formula is C26H29Cl2NO3. The number of aryl methyl sites for hydroxylation is 1. The van der Waals surface area contributed by atoms with Gasteiger partial charge in [-0.3, -0.25) is 9.59 Å². The topological polar surface area (TPSA) is 57.6 Å². The fraction of sp³-hybridized carbons (Fsp3) is 0.462. The average Bonchev–Trinajstić information content (AvgIpc) is 3.15. The molecule has 32 heavy (non-hydrogen) atoms. The standard InChI is InChI=1S/C26H29Cl2NO3/c27-23-15-20(18-9-6-17(7-10-18)8-11-25(30)31)16-24(28)22(23)14-19-12-13-29(26(19)32)21-4-2-1-3-5-21/h6-7,9-10,15-16,19,21H,1-5,8,11-14H2,(H,30,31). The van der Waals surface area contributed by atoms with E-state index in [0.717, 1.165) is 48.1 Å². The zero-order valence-corrected chi connectivity index (χ0v) is 19.7. The Morgan fingerprint density at radius 1 is 0.969 bits per heavy atom. The molecule has 0 aromatic heterocycles. The molecule has 2 fully saturated rings. The Balaban J connectivity index is 1.45. The van der Waals surface area contributed by atoms with Crippen molar-refractivity contribution in [3.63, 3.8) is 0 Å². The molecule has 0 spiro atoms. The third kappa shape index (κ3) is 5.29. The number of aliphatic carboxylic acids is 1. The molecule has 1 N–H and O–H groups in total. The Morgan fingerprint density at radius 3 is 2.25 bits per heavy atom. The number of carbonyl (C=O) groups excluding carboxylic acids is 1. The molecule has 6 heteroatoms. The van der Waals surface area contributed by atoms with Gasteiger partial charge >= 0.3 is 5.97 Å². The lowest BCUT2D eigenvalue weighted by Gasteiger charge is -2.31. The predicted octanol–water partition coefficient (Wildman–Crippen LogP) is 6.40. The number of carbonyl (C=O) groups is 2. The van der Waals surface area contributed by atoms with E-state index in [-0.39, 0.29) is 18.2 Å². The number of likely N-dealkylation sites (tertiary alicyclic amines) is 1. The van der Waals surface area contributed by atoms with Gasteiger partial charge < -0.3 is 10.0 Å². The van der Waals surface area contributed by atoms with E-state index in [0.29, 0.717) is 28.9 Å². The van der Waals surface area contributed by atoms with E-state index >= 15 is 0 Å². The number of rotatable bonds is 7. The summed E-state index contributed by atoms with van der Waals surface area (Å²) in [5.41, 5.74) is 3.71. The van der Waals surface area contributed by atoms with Gasteiger partial charge in [0.2, 0.25) is 5.91 Å². The molecule has 1 aliphatic carbocycles. The second-order valence-electron chi connectivity index (χ2n) is 9.02. The maximum absolute atomic E-state index is 13.1. The first kappa shape index (κ1) is 23.1. The van der Waals surface area contributed by atoms with Gasteiger partial charge in [0.15, 0.2) is 0 Å². The van der Waals surface area contributed by atoms with Crippen LogP contribution in [0.3, 0.4) is 0 Å². The summed E-state index contributed by atoms with van der Waals surface area (Å²) in [5, 5.41) is 10.0. The fourth-order valence-corrected chi connectivity index (χ4v) is 5.68. The third-order valence-corrected chi connectivity index (χ3v) is 7.55. The van der Waals surface area contributed by atoms with Crippen molar-refractivity contribution < 1.29 is 14.7 Å². The molecule has 1 unspecified atom stereocenters. The lowest BCUT2D eigenvalue weighted by Crippen LogP contribution is -2.39. The molecule has 1 saturated heterocycles. The van der Waals surface area contributed by atoms with Crippen molar-refractivity contribution >= 4 is 35.1 Å². The highest BCUT2D eigenvalue weighted by Crippen LogP contribution is 2.36. The smallest absolute Gasteiger partial charge is 0.303 e. The van der Waals surface area contributed by atoms with Crippen LogP contribution in [0.4, 0.5) is 0 Å². The number of halogens is 2. The molecule has 1 atom stereocenters. The molecule has 2 aromatic rings. The van der Waals surface area contributed by atoms with E-state index in [4.69, 9.17) is 28.3 Å². The van der Waals surface area contributed by atoms with E-state index in [1.165, 1.54) is 19.3 Å². The van der Waals surface area contributed by atoms with E-state index in [2.05, 4.69) is 4.90 Å². The minimum atomic E-state index is -0.800. The van der Waals surface area contributed by atoms with E-state index < -0.39 is 5.97 Å². The first-order chi connectivity index (χ1) is 15.4. The number of benzene rings is 2. The molecule has 4 nitrogen and oxygen atoms in total. The van der Waals surface area contributed by atoms with Gasteiger partial charge in [-0.15, -0.1) is 0 Å². The highest BCUT2D eigenvalue weighted by molar-refractivity contribution is 6.36. The van der Waals surface area contributed by atoms with E-state index in [9.17, 15) is 9.59 Å². The molecule has 2 aliphatic rings. The Kier molecular flexibility index (Phi) is 7.42. The summed E-state index contributed by atoms with van der Waals surface area (Å²) in [6, 6.07) is 12.0. The Morgan fingerprint density at radius 2 is 1.62 bits per heavy atom. The SMILES string of the molecule is O=C(O)CCc1ccc(-c2cc(Cl)c(CC3CCN(C4CCCCC4)C3=O)c(Cl)c2)cc1. The van der Waals surface area contributed by atoms with Crippen LogP contribution >= 0.6 is 23.2 Å². The number of hydrogen-bond acceptors (Lipinski definition) is 2. The van der Waals surface area contributed by atoms with Crippen molar-refractivity contribution in [1.82, 2.24) is 4.90 Å². The second-order valence-corrected chi connectivity index (χ2v) is 9.84. The number of amides is 1. The van der Waals surface area contributed by atoms with Crippen LogP contribution in [0, 0.1) is 5.92 Å². The normalized spacial score (nSPS) is 19.5.